The van der Waals surface area contributed by atoms with Gasteiger partial charge in [0.05, 0.1) is 0 Å². The van der Waals surface area contributed by atoms with Crippen molar-refractivity contribution < 1.29 is 25.5 Å². The quantitative estimate of drug-likeness (QED) is 0.161. The van der Waals surface area contributed by atoms with E-state index in [4.69, 9.17) is 4.42 Å². The molecular formula is C30H23N3OPtSi. The molecule has 0 unspecified atom stereocenters. The van der Waals surface area contributed by atoms with Crippen molar-refractivity contribution in [2.24, 2.45) is 0 Å². The molecule has 0 aliphatic heterocycles. The van der Waals surface area contributed by atoms with Gasteiger partial charge in [0.15, 0.2) is 0 Å². The molecule has 0 saturated heterocycles. The molecule has 4 nitrogen and oxygen atoms in total. The molecule has 0 amide bonds. The molecule has 0 bridgehead atoms. The van der Waals surface area contributed by atoms with E-state index in [1.807, 2.05) is 60.8 Å². The third kappa shape index (κ3) is 4.30. The first-order chi connectivity index (χ1) is 17.1. The molecule has 0 atom stereocenters. The van der Waals surface area contributed by atoms with Crippen molar-refractivity contribution in [3.63, 3.8) is 0 Å². The van der Waals surface area contributed by atoms with E-state index in [1.54, 1.807) is 6.20 Å². The molecule has 0 aliphatic carbocycles. The number of hydrogen-bond acceptors (Lipinski definition) is 4. The molecule has 6 aromatic rings. The first-order valence-corrected chi connectivity index (χ1v) is 14.6. The minimum atomic E-state index is -2.02. The van der Waals surface area contributed by atoms with E-state index in [2.05, 4.69) is 76.5 Å². The number of benzene rings is 3. The summed E-state index contributed by atoms with van der Waals surface area (Å²) in [7, 11) is -2.02. The van der Waals surface area contributed by atoms with Crippen molar-refractivity contribution in [1.82, 2.24) is 9.97 Å². The summed E-state index contributed by atoms with van der Waals surface area (Å²) in [4.78, 5) is 11.4. The van der Waals surface area contributed by atoms with Gasteiger partial charge in [0.2, 0.25) is 0 Å². The first-order valence-electron chi connectivity index (χ1n) is 11.6. The number of hydrogen-bond donors (Lipinski definition) is 0. The van der Waals surface area contributed by atoms with Crippen molar-refractivity contribution in [2.45, 2.75) is 13.1 Å². The van der Waals surface area contributed by atoms with Crippen molar-refractivity contribution in [2.75, 3.05) is 4.90 Å². The second kappa shape index (κ2) is 9.84. The van der Waals surface area contributed by atoms with E-state index >= 15 is 0 Å². The topological polar surface area (TPSA) is 42.2 Å². The van der Waals surface area contributed by atoms with Gasteiger partial charge >= 0.3 is 21.1 Å². The summed E-state index contributed by atoms with van der Waals surface area (Å²) < 4.78 is 6.18. The van der Waals surface area contributed by atoms with E-state index in [0.29, 0.717) is 0 Å². The van der Waals surface area contributed by atoms with E-state index in [9.17, 15) is 0 Å². The van der Waals surface area contributed by atoms with Gasteiger partial charge in [-0.05, 0) is 53.3 Å². The van der Waals surface area contributed by atoms with E-state index < -0.39 is 8.07 Å². The third-order valence-electron chi connectivity index (χ3n) is 6.38. The fourth-order valence-electron chi connectivity index (χ4n) is 4.43. The Kier molecular flexibility index (Phi) is 6.61. The summed E-state index contributed by atoms with van der Waals surface area (Å²) in [5.41, 5.74) is 3.52. The van der Waals surface area contributed by atoms with Crippen LogP contribution in [0.1, 0.15) is 0 Å². The average molecular weight is 665 g/mol. The van der Waals surface area contributed by atoms with Crippen LogP contribution >= 0.6 is 0 Å². The van der Waals surface area contributed by atoms with Gasteiger partial charge in [0.1, 0.15) is 13.9 Å². The maximum atomic E-state index is 6.18. The van der Waals surface area contributed by atoms with E-state index in [1.165, 1.54) is 5.19 Å². The average Bonchev–Trinajstić information content (AvgIpc) is 3.28. The minimum Gasteiger partial charge on any atom is -0.564 e. The number of para-hydroxylation sites is 1. The smallest absolute Gasteiger partial charge is 0.564 e. The molecule has 3 aromatic heterocycles. The van der Waals surface area contributed by atoms with Crippen LogP contribution in [0.2, 0.25) is 13.1 Å². The van der Waals surface area contributed by atoms with Crippen LogP contribution < -0.4 is 15.4 Å². The van der Waals surface area contributed by atoms with Gasteiger partial charge in [-0.3, -0.25) is 4.98 Å². The van der Waals surface area contributed by atoms with Crippen LogP contribution in [0.3, 0.4) is 0 Å². The normalized spacial score (nSPS) is 11.4. The Morgan fingerprint density at radius 3 is 2.06 bits per heavy atom. The van der Waals surface area contributed by atoms with Gasteiger partial charge in [0, 0.05) is 23.4 Å². The molecule has 36 heavy (non-hydrogen) atoms. The Bertz CT molecular complexity index is 1580. The Balaban J connectivity index is 0.00000267. The van der Waals surface area contributed by atoms with Crippen molar-refractivity contribution >= 4 is 57.7 Å². The van der Waals surface area contributed by atoms with Crippen LogP contribution in [-0.2, 0) is 21.1 Å². The fraction of sp³-hybridized carbons (Fsp3) is 0.0667. The molecule has 0 radical (unpaired) electrons. The van der Waals surface area contributed by atoms with Gasteiger partial charge in [-0.25, -0.2) is 4.98 Å². The number of anilines is 3. The van der Waals surface area contributed by atoms with Gasteiger partial charge in [-0.15, -0.1) is 29.5 Å². The van der Waals surface area contributed by atoms with Crippen molar-refractivity contribution in [1.29, 1.82) is 0 Å². The molecule has 6 rings (SSSR count). The maximum absolute atomic E-state index is 6.18. The van der Waals surface area contributed by atoms with E-state index in [0.717, 1.165) is 44.4 Å². The Labute approximate surface area is 225 Å². The standard InChI is InChI=1S/C30H23N3OSi.Pt/c1-35(2,30-13-7-9-19-32-30)24-15-17-28-26(21-24)25-20-23(14-16-27(25)34-28)33(22-10-4-3-5-11-22)29-12-6-8-18-31-29;/h3-19H,1-2H3;/q-2;+2. The largest absolute Gasteiger partial charge is 2.00 e. The summed E-state index contributed by atoms with van der Waals surface area (Å²) in [5.74, 6) is 0.829. The molecule has 6 heteroatoms. The van der Waals surface area contributed by atoms with Gasteiger partial charge in [-0.1, -0.05) is 43.4 Å². The molecule has 178 valence electrons. The number of nitrogens with zero attached hydrogens (tertiary/aromatic N) is 3. The summed E-state index contributed by atoms with van der Waals surface area (Å²) in [6.07, 6.45) is 3.67. The molecule has 0 saturated carbocycles. The van der Waals surface area contributed by atoms with Crippen LogP contribution in [0.15, 0.2) is 108 Å². The van der Waals surface area contributed by atoms with Gasteiger partial charge in [0.25, 0.3) is 0 Å². The summed E-state index contributed by atoms with van der Waals surface area (Å²) >= 11 is 0. The second-order valence-electron chi connectivity index (χ2n) is 9.00. The van der Waals surface area contributed by atoms with Crippen LogP contribution in [0, 0.1) is 12.1 Å². The minimum absolute atomic E-state index is 0. The van der Waals surface area contributed by atoms with Crippen molar-refractivity contribution in [3.05, 3.63) is 116 Å². The van der Waals surface area contributed by atoms with Crippen LogP contribution in [0.4, 0.5) is 17.2 Å². The summed E-state index contributed by atoms with van der Waals surface area (Å²) in [5, 5.41) is 4.19. The van der Waals surface area contributed by atoms with Crippen LogP contribution in [-0.4, -0.2) is 18.0 Å². The molecule has 0 fully saturated rings. The van der Waals surface area contributed by atoms with Crippen LogP contribution in [0.5, 0.6) is 0 Å². The zero-order valence-corrected chi connectivity index (χ0v) is 23.2. The number of fused-ring (bicyclic) bond motifs is 3. The zero-order chi connectivity index (χ0) is 23.8. The molecule has 3 heterocycles. The molecule has 0 aliphatic rings. The number of furan rings is 1. The maximum Gasteiger partial charge on any atom is 2.00 e. The molecular weight excluding hydrogens is 642 g/mol. The monoisotopic (exact) mass is 664 g/mol. The zero-order valence-electron chi connectivity index (χ0n) is 19.9. The third-order valence-corrected chi connectivity index (χ3v) is 9.60. The second-order valence-corrected chi connectivity index (χ2v) is 13.3. The van der Waals surface area contributed by atoms with Gasteiger partial charge < -0.3 is 9.32 Å². The summed E-state index contributed by atoms with van der Waals surface area (Å²) in [6, 6.07) is 37.8. The van der Waals surface area contributed by atoms with Crippen LogP contribution in [0.25, 0.3) is 21.9 Å². The Hall–Kier alpha value is -3.53. The molecule has 3 aromatic carbocycles. The van der Waals surface area contributed by atoms with Crippen molar-refractivity contribution in [3.8, 4) is 0 Å². The Morgan fingerprint density at radius 1 is 0.694 bits per heavy atom. The summed E-state index contributed by atoms with van der Waals surface area (Å²) in [6.45, 7) is 4.62. The number of rotatable bonds is 5. The predicted molar refractivity (Wildman–Crippen MR) is 145 cm³/mol. The SMILES string of the molecule is C[Si](C)(c1[c-]c2c(cc1)oc1ccc(N(c3ccccc3)c3ccccn3)[c-]c12)c1ccccn1.[Pt+2]. The molecule has 0 N–H and O–H groups in total. The van der Waals surface area contributed by atoms with Gasteiger partial charge in [-0.2, -0.15) is 22.9 Å². The first kappa shape index (κ1) is 24.2. The van der Waals surface area contributed by atoms with E-state index in [-0.39, 0.29) is 21.1 Å². The Morgan fingerprint density at radius 2 is 1.36 bits per heavy atom. The fourth-order valence-corrected chi connectivity index (χ4v) is 6.56. The molecule has 0 spiro atoms. The number of pyridine rings is 2. The number of aromatic nitrogens is 2. The predicted octanol–water partition coefficient (Wildman–Crippen LogP) is 6.27.